The molecule has 0 saturated heterocycles. The lowest BCUT2D eigenvalue weighted by molar-refractivity contribution is -0.151. The van der Waals surface area contributed by atoms with Crippen LogP contribution in [0, 0.1) is 0 Å². The predicted octanol–water partition coefficient (Wildman–Crippen LogP) is 3.72. The van der Waals surface area contributed by atoms with Gasteiger partial charge in [-0.2, -0.15) is 0 Å². The van der Waals surface area contributed by atoms with Crippen LogP contribution < -0.4 is 0 Å². The number of aromatic nitrogens is 1. The SMILES string of the molecule is CCOC(=O)CC(=O)C[C@H]1c2[nH]c3ccccc3c2C[C@@H](C(=O)OC)N1Cc1ccccc1. The number of hydrogen-bond donors (Lipinski definition) is 1. The van der Waals surface area contributed by atoms with Crippen molar-refractivity contribution in [3.8, 4) is 0 Å². The Morgan fingerprint density at radius 3 is 2.52 bits per heavy atom. The van der Waals surface area contributed by atoms with Crippen molar-refractivity contribution in [1.29, 1.82) is 0 Å². The number of rotatable bonds is 8. The van der Waals surface area contributed by atoms with E-state index in [1.54, 1.807) is 6.92 Å². The highest BCUT2D eigenvalue weighted by atomic mass is 16.5. The third-order valence-corrected chi connectivity index (χ3v) is 6.13. The molecule has 0 radical (unpaired) electrons. The van der Waals surface area contributed by atoms with Crippen molar-refractivity contribution in [1.82, 2.24) is 9.88 Å². The summed E-state index contributed by atoms with van der Waals surface area (Å²) in [5, 5.41) is 1.03. The number of hydrogen-bond acceptors (Lipinski definition) is 6. The molecule has 1 aliphatic rings. The molecule has 0 amide bonds. The summed E-state index contributed by atoms with van der Waals surface area (Å²) in [4.78, 5) is 43.2. The van der Waals surface area contributed by atoms with Gasteiger partial charge in [0.2, 0.25) is 0 Å². The first kappa shape index (κ1) is 22.7. The van der Waals surface area contributed by atoms with Crippen molar-refractivity contribution in [3.05, 3.63) is 71.4 Å². The second-order valence-corrected chi connectivity index (χ2v) is 8.20. The number of benzene rings is 2. The molecular formula is C26H28N2O5. The number of ketones is 1. The fourth-order valence-corrected chi connectivity index (χ4v) is 4.67. The lowest BCUT2D eigenvalue weighted by atomic mass is 9.88. The van der Waals surface area contributed by atoms with Gasteiger partial charge in [0.15, 0.2) is 0 Å². The van der Waals surface area contributed by atoms with Crippen LogP contribution in [-0.2, 0) is 36.8 Å². The van der Waals surface area contributed by atoms with E-state index in [2.05, 4.69) is 4.98 Å². The summed E-state index contributed by atoms with van der Waals surface area (Å²) in [5.74, 6) is -1.11. The van der Waals surface area contributed by atoms with Crippen LogP contribution >= 0.6 is 0 Å². The number of carbonyl (C=O) groups excluding carboxylic acids is 3. The molecule has 7 nitrogen and oxygen atoms in total. The topological polar surface area (TPSA) is 88.7 Å². The Kier molecular flexibility index (Phi) is 6.89. The van der Waals surface area contributed by atoms with Crippen LogP contribution in [0.4, 0.5) is 0 Å². The van der Waals surface area contributed by atoms with Crippen molar-refractivity contribution in [3.63, 3.8) is 0 Å². The molecule has 0 saturated carbocycles. The molecule has 1 aliphatic heterocycles. The normalized spacial score (nSPS) is 18.0. The van der Waals surface area contributed by atoms with E-state index in [1.165, 1.54) is 7.11 Å². The summed E-state index contributed by atoms with van der Waals surface area (Å²) in [6.45, 7) is 2.40. The van der Waals surface area contributed by atoms with Crippen LogP contribution in [0.3, 0.4) is 0 Å². The lowest BCUT2D eigenvalue weighted by Crippen LogP contribution is -2.48. The highest BCUT2D eigenvalue weighted by molar-refractivity contribution is 5.96. The second kappa shape index (κ2) is 10.0. The molecule has 0 aliphatic carbocycles. The van der Waals surface area contributed by atoms with Gasteiger partial charge in [-0.25, -0.2) is 0 Å². The second-order valence-electron chi connectivity index (χ2n) is 8.20. The number of nitrogens with zero attached hydrogens (tertiary/aromatic N) is 1. The molecule has 3 aromatic rings. The van der Waals surface area contributed by atoms with Crippen LogP contribution in [0.5, 0.6) is 0 Å². The number of ether oxygens (including phenoxy) is 2. The van der Waals surface area contributed by atoms with E-state index in [0.29, 0.717) is 13.0 Å². The molecule has 0 bridgehead atoms. The number of esters is 2. The molecule has 4 rings (SSSR count). The molecule has 2 heterocycles. The van der Waals surface area contributed by atoms with E-state index < -0.39 is 18.1 Å². The summed E-state index contributed by atoms with van der Waals surface area (Å²) >= 11 is 0. The Hall–Kier alpha value is -3.45. The first-order valence-electron chi connectivity index (χ1n) is 11.2. The predicted molar refractivity (Wildman–Crippen MR) is 123 cm³/mol. The number of carbonyl (C=O) groups is 3. The zero-order chi connectivity index (χ0) is 23.4. The van der Waals surface area contributed by atoms with Gasteiger partial charge in [-0.3, -0.25) is 19.3 Å². The van der Waals surface area contributed by atoms with Gasteiger partial charge in [0.05, 0.1) is 19.8 Å². The van der Waals surface area contributed by atoms with Gasteiger partial charge in [-0.05, 0) is 24.1 Å². The number of para-hydroxylation sites is 1. The Morgan fingerprint density at radius 2 is 1.79 bits per heavy atom. The summed E-state index contributed by atoms with van der Waals surface area (Å²) in [5.41, 5.74) is 3.90. The van der Waals surface area contributed by atoms with Crippen LogP contribution in [0.1, 0.15) is 42.6 Å². The average molecular weight is 449 g/mol. The number of aromatic amines is 1. The molecule has 1 aromatic heterocycles. The Balaban J connectivity index is 1.76. The van der Waals surface area contributed by atoms with Crippen molar-refractivity contribution < 1.29 is 23.9 Å². The van der Waals surface area contributed by atoms with Gasteiger partial charge < -0.3 is 14.5 Å². The minimum absolute atomic E-state index is 0.0823. The third-order valence-electron chi connectivity index (χ3n) is 6.13. The number of H-pyrrole nitrogens is 1. The minimum Gasteiger partial charge on any atom is -0.468 e. The van der Waals surface area contributed by atoms with E-state index in [1.807, 2.05) is 59.5 Å². The smallest absolute Gasteiger partial charge is 0.323 e. The zero-order valence-electron chi connectivity index (χ0n) is 18.9. The summed E-state index contributed by atoms with van der Waals surface area (Å²) in [6.07, 6.45) is 0.266. The van der Waals surface area contributed by atoms with E-state index in [0.717, 1.165) is 27.7 Å². The molecule has 0 fully saturated rings. The van der Waals surface area contributed by atoms with E-state index in [4.69, 9.17) is 9.47 Å². The highest BCUT2D eigenvalue weighted by Gasteiger charge is 2.41. The first-order valence-corrected chi connectivity index (χ1v) is 11.2. The molecule has 33 heavy (non-hydrogen) atoms. The highest BCUT2D eigenvalue weighted by Crippen LogP contribution is 2.40. The summed E-state index contributed by atoms with van der Waals surface area (Å²) in [6, 6.07) is 16.8. The largest absolute Gasteiger partial charge is 0.468 e. The number of methoxy groups -OCH3 is 1. The van der Waals surface area contributed by atoms with Gasteiger partial charge in [-0.15, -0.1) is 0 Å². The van der Waals surface area contributed by atoms with Crippen molar-refractivity contribution in [2.75, 3.05) is 13.7 Å². The fraction of sp³-hybridized carbons (Fsp3) is 0.346. The summed E-state index contributed by atoms with van der Waals surface area (Å²) < 4.78 is 10.1. The molecule has 0 unspecified atom stereocenters. The third kappa shape index (κ3) is 4.83. The van der Waals surface area contributed by atoms with Crippen molar-refractivity contribution in [2.45, 2.75) is 44.8 Å². The minimum atomic E-state index is -0.553. The van der Waals surface area contributed by atoms with Gasteiger partial charge >= 0.3 is 11.9 Å². The van der Waals surface area contributed by atoms with Gasteiger partial charge in [0, 0.05) is 36.0 Å². The number of Topliss-reactive ketones (excluding diaryl/α,β-unsaturated/α-hetero) is 1. The van der Waals surface area contributed by atoms with Crippen LogP contribution in [0.25, 0.3) is 10.9 Å². The standard InChI is InChI=1S/C26H28N2O5/c1-3-33-24(30)14-18(29)13-22-25-20(19-11-7-8-12-21(19)27-25)15-23(26(31)32-2)28(22)16-17-9-5-4-6-10-17/h4-12,22-23,27H,3,13-16H2,1-2H3/t22-,23-/m0/s1. The Bertz CT molecular complexity index is 1150. The van der Waals surface area contributed by atoms with Gasteiger partial charge in [0.1, 0.15) is 18.2 Å². The monoisotopic (exact) mass is 448 g/mol. The van der Waals surface area contributed by atoms with Crippen LogP contribution in [0.2, 0.25) is 0 Å². The lowest BCUT2D eigenvalue weighted by Gasteiger charge is -2.40. The van der Waals surface area contributed by atoms with Gasteiger partial charge in [0.25, 0.3) is 0 Å². The fourth-order valence-electron chi connectivity index (χ4n) is 4.67. The van der Waals surface area contributed by atoms with Crippen molar-refractivity contribution >= 4 is 28.6 Å². The maximum atomic E-state index is 12.9. The van der Waals surface area contributed by atoms with Crippen LogP contribution in [-0.4, -0.2) is 47.4 Å². The molecule has 0 spiro atoms. The van der Waals surface area contributed by atoms with Crippen LogP contribution in [0.15, 0.2) is 54.6 Å². The first-order chi connectivity index (χ1) is 16.0. The molecule has 2 atom stereocenters. The van der Waals surface area contributed by atoms with E-state index in [9.17, 15) is 14.4 Å². The summed E-state index contributed by atoms with van der Waals surface area (Å²) in [7, 11) is 1.38. The maximum Gasteiger partial charge on any atom is 0.323 e. The molecule has 2 aromatic carbocycles. The zero-order valence-corrected chi connectivity index (χ0v) is 18.9. The number of nitrogens with one attached hydrogen (secondary N) is 1. The van der Waals surface area contributed by atoms with Crippen molar-refractivity contribution in [2.24, 2.45) is 0 Å². The molecule has 7 heteroatoms. The average Bonchev–Trinajstić information content (AvgIpc) is 3.19. The Morgan fingerprint density at radius 1 is 1.06 bits per heavy atom. The molecule has 1 N–H and O–H groups in total. The van der Waals surface area contributed by atoms with E-state index >= 15 is 0 Å². The number of fused-ring (bicyclic) bond motifs is 3. The Labute approximate surface area is 192 Å². The maximum absolute atomic E-state index is 12.9. The molecule has 172 valence electrons. The molecular weight excluding hydrogens is 420 g/mol. The van der Waals surface area contributed by atoms with Gasteiger partial charge in [-0.1, -0.05) is 48.5 Å². The van der Waals surface area contributed by atoms with E-state index in [-0.39, 0.29) is 31.2 Å². The quantitative estimate of drug-likeness (QED) is 0.417.